The minimum Gasteiger partial charge on any atom is -0.347 e. The lowest BCUT2D eigenvalue weighted by Gasteiger charge is -2.37. The Kier molecular flexibility index (Phi) is 4.85. The normalized spacial score (nSPS) is 19.7. The molecule has 2 aromatic rings. The van der Waals surface area contributed by atoms with Gasteiger partial charge in [-0.25, -0.2) is 4.39 Å². The monoisotopic (exact) mass is 355 g/mol. The van der Waals surface area contributed by atoms with Crippen LogP contribution in [0.5, 0.6) is 0 Å². The molecule has 136 valence electrons. The van der Waals surface area contributed by atoms with Gasteiger partial charge in [-0.3, -0.25) is 9.69 Å². The average Bonchev–Trinajstić information content (AvgIpc) is 3.12. The van der Waals surface area contributed by atoms with Gasteiger partial charge >= 0.3 is 0 Å². The number of carbonyl (C=O) groups excluding carboxylic acids is 1. The SMILES string of the molecule is O=C(c1ccc(F)cc1)c1ccccc1CN1CCC2(CC1)OCCO2. The molecule has 0 bridgehead atoms. The van der Waals surface area contributed by atoms with Gasteiger partial charge in [0.25, 0.3) is 0 Å². The van der Waals surface area contributed by atoms with Gasteiger partial charge in [0, 0.05) is 43.6 Å². The van der Waals surface area contributed by atoms with E-state index < -0.39 is 0 Å². The van der Waals surface area contributed by atoms with Crippen molar-refractivity contribution in [2.45, 2.75) is 25.2 Å². The van der Waals surface area contributed by atoms with Crippen LogP contribution in [0.2, 0.25) is 0 Å². The van der Waals surface area contributed by atoms with E-state index in [1.165, 1.54) is 24.3 Å². The quantitative estimate of drug-likeness (QED) is 0.788. The molecule has 0 aromatic heterocycles. The summed E-state index contributed by atoms with van der Waals surface area (Å²) in [6, 6.07) is 13.4. The van der Waals surface area contributed by atoms with Crippen molar-refractivity contribution in [1.82, 2.24) is 4.90 Å². The van der Waals surface area contributed by atoms with E-state index in [1.807, 2.05) is 24.3 Å². The van der Waals surface area contributed by atoms with Gasteiger partial charge in [0.15, 0.2) is 11.6 Å². The first-order chi connectivity index (χ1) is 12.7. The van der Waals surface area contributed by atoms with E-state index in [2.05, 4.69) is 4.90 Å². The van der Waals surface area contributed by atoms with Gasteiger partial charge in [0.05, 0.1) is 13.2 Å². The Labute approximate surface area is 152 Å². The lowest BCUT2D eigenvalue weighted by atomic mass is 9.97. The second-order valence-electron chi connectivity index (χ2n) is 6.88. The van der Waals surface area contributed by atoms with Crippen LogP contribution >= 0.6 is 0 Å². The number of ether oxygens (including phenoxy) is 2. The number of halogens is 1. The van der Waals surface area contributed by atoms with Crippen molar-refractivity contribution in [2.24, 2.45) is 0 Å². The maximum Gasteiger partial charge on any atom is 0.193 e. The van der Waals surface area contributed by atoms with Gasteiger partial charge in [-0.1, -0.05) is 24.3 Å². The van der Waals surface area contributed by atoms with Crippen LogP contribution < -0.4 is 0 Å². The molecule has 4 nitrogen and oxygen atoms in total. The summed E-state index contributed by atoms with van der Waals surface area (Å²) in [5.74, 6) is -0.801. The number of piperidine rings is 1. The van der Waals surface area contributed by atoms with Crippen molar-refractivity contribution in [2.75, 3.05) is 26.3 Å². The fraction of sp³-hybridized carbons (Fsp3) is 0.381. The van der Waals surface area contributed by atoms with Crippen LogP contribution in [0.3, 0.4) is 0 Å². The zero-order valence-corrected chi connectivity index (χ0v) is 14.6. The molecule has 2 fully saturated rings. The second-order valence-corrected chi connectivity index (χ2v) is 6.88. The number of benzene rings is 2. The Bertz CT molecular complexity index is 774. The van der Waals surface area contributed by atoms with Crippen LogP contribution in [0.15, 0.2) is 48.5 Å². The van der Waals surface area contributed by atoms with E-state index in [1.54, 1.807) is 0 Å². The Morgan fingerprint density at radius 1 is 1.00 bits per heavy atom. The molecule has 0 saturated carbocycles. The van der Waals surface area contributed by atoms with Crippen LogP contribution in [0.25, 0.3) is 0 Å². The Morgan fingerprint density at radius 2 is 1.65 bits per heavy atom. The minimum absolute atomic E-state index is 0.0726. The Hall–Kier alpha value is -2.08. The number of hydrogen-bond donors (Lipinski definition) is 0. The summed E-state index contributed by atoms with van der Waals surface area (Å²) < 4.78 is 24.7. The summed E-state index contributed by atoms with van der Waals surface area (Å²) in [5, 5.41) is 0. The molecule has 0 amide bonds. The molecule has 2 aliphatic heterocycles. The topological polar surface area (TPSA) is 38.8 Å². The predicted octanol–water partition coefficient (Wildman–Crippen LogP) is 3.40. The lowest BCUT2D eigenvalue weighted by Crippen LogP contribution is -2.44. The summed E-state index contributed by atoms with van der Waals surface area (Å²) in [7, 11) is 0. The summed E-state index contributed by atoms with van der Waals surface area (Å²) >= 11 is 0. The second kappa shape index (κ2) is 7.27. The van der Waals surface area contributed by atoms with Crippen LogP contribution in [0, 0.1) is 5.82 Å². The molecule has 2 saturated heterocycles. The van der Waals surface area contributed by atoms with Crippen molar-refractivity contribution in [3.63, 3.8) is 0 Å². The fourth-order valence-electron chi connectivity index (χ4n) is 3.71. The number of likely N-dealkylation sites (tertiary alicyclic amines) is 1. The fourth-order valence-corrected chi connectivity index (χ4v) is 3.71. The number of nitrogens with zero attached hydrogens (tertiary/aromatic N) is 1. The predicted molar refractivity (Wildman–Crippen MR) is 95.4 cm³/mol. The first kappa shape index (κ1) is 17.3. The highest BCUT2D eigenvalue weighted by molar-refractivity contribution is 6.09. The van der Waals surface area contributed by atoms with Gasteiger partial charge in [0.1, 0.15) is 5.82 Å². The smallest absolute Gasteiger partial charge is 0.193 e. The highest BCUT2D eigenvalue weighted by Crippen LogP contribution is 2.32. The third kappa shape index (κ3) is 3.56. The third-order valence-electron chi connectivity index (χ3n) is 5.19. The Balaban J connectivity index is 1.48. The first-order valence-electron chi connectivity index (χ1n) is 9.04. The molecule has 0 aliphatic carbocycles. The molecule has 0 unspecified atom stereocenters. The molecule has 2 heterocycles. The summed E-state index contributed by atoms with van der Waals surface area (Å²) in [4.78, 5) is 15.2. The van der Waals surface area contributed by atoms with E-state index in [0.29, 0.717) is 30.9 Å². The zero-order valence-electron chi connectivity index (χ0n) is 14.6. The maximum absolute atomic E-state index is 13.1. The van der Waals surface area contributed by atoms with Crippen LogP contribution in [0.1, 0.15) is 34.3 Å². The van der Waals surface area contributed by atoms with E-state index in [9.17, 15) is 9.18 Å². The van der Waals surface area contributed by atoms with Crippen molar-refractivity contribution in [3.8, 4) is 0 Å². The highest BCUT2D eigenvalue weighted by Gasteiger charge is 2.39. The highest BCUT2D eigenvalue weighted by atomic mass is 19.1. The van der Waals surface area contributed by atoms with E-state index in [-0.39, 0.29) is 17.4 Å². The van der Waals surface area contributed by atoms with E-state index in [0.717, 1.165) is 31.5 Å². The molecular formula is C21H22FNO3. The van der Waals surface area contributed by atoms with Crippen LogP contribution in [-0.4, -0.2) is 42.8 Å². The Morgan fingerprint density at radius 3 is 2.35 bits per heavy atom. The molecule has 26 heavy (non-hydrogen) atoms. The van der Waals surface area contributed by atoms with Crippen molar-refractivity contribution in [3.05, 3.63) is 71.0 Å². The summed E-state index contributed by atoms with van der Waals surface area (Å²) in [6.45, 7) is 3.81. The molecule has 0 atom stereocenters. The van der Waals surface area contributed by atoms with Gasteiger partial charge in [0.2, 0.25) is 0 Å². The molecule has 0 N–H and O–H groups in total. The number of ketones is 1. The number of hydrogen-bond acceptors (Lipinski definition) is 4. The molecule has 2 aliphatic rings. The zero-order chi connectivity index (χ0) is 18.0. The minimum atomic E-state index is -0.389. The number of carbonyl (C=O) groups is 1. The van der Waals surface area contributed by atoms with Gasteiger partial charge in [-0.15, -0.1) is 0 Å². The summed E-state index contributed by atoms with van der Waals surface area (Å²) in [5.41, 5.74) is 2.17. The van der Waals surface area contributed by atoms with E-state index in [4.69, 9.17) is 9.47 Å². The van der Waals surface area contributed by atoms with Crippen molar-refractivity contribution in [1.29, 1.82) is 0 Å². The molecule has 5 heteroatoms. The maximum atomic E-state index is 13.1. The van der Waals surface area contributed by atoms with Crippen LogP contribution in [-0.2, 0) is 16.0 Å². The molecular weight excluding hydrogens is 333 g/mol. The van der Waals surface area contributed by atoms with Gasteiger partial charge in [-0.2, -0.15) is 0 Å². The van der Waals surface area contributed by atoms with Gasteiger partial charge < -0.3 is 9.47 Å². The lowest BCUT2D eigenvalue weighted by molar-refractivity contribution is -0.185. The largest absolute Gasteiger partial charge is 0.347 e. The summed E-state index contributed by atoms with van der Waals surface area (Å²) in [6.07, 6.45) is 1.70. The van der Waals surface area contributed by atoms with Crippen molar-refractivity contribution < 1.29 is 18.7 Å². The molecule has 2 aromatic carbocycles. The van der Waals surface area contributed by atoms with E-state index >= 15 is 0 Å². The molecule has 1 spiro atoms. The standard InChI is InChI=1S/C21H22FNO3/c22-18-7-5-16(6-8-18)20(24)19-4-2-1-3-17(19)15-23-11-9-21(10-12-23)25-13-14-26-21/h1-8H,9-15H2. The van der Waals surface area contributed by atoms with Gasteiger partial charge in [-0.05, 0) is 29.8 Å². The average molecular weight is 355 g/mol. The van der Waals surface area contributed by atoms with Crippen LogP contribution in [0.4, 0.5) is 4.39 Å². The molecule has 4 rings (SSSR count). The number of rotatable bonds is 4. The first-order valence-corrected chi connectivity index (χ1v) is 9.04. The molecule has 0 radical (unpaired) electrons. The van der Waals surface area contributed by atoms with Crippen molar-refractivity contribution >= 4 is 5.78 Å². The third-order valence-corrected chi connectivity index (χ3v) is 5.19.